The number of esters is 1. The van der Waals surface area contributed by atoms with Crippen LogP contribution in [0, 0.1) is 0 Å². The van der Waals surface area contributed by atoms with E-state index in [2.05, 4.69) is 10.6 Å². The van der Waals surface area contributed by atoms with Gasteiger partial charge in [0.05, 0.1) is 17.9 Å². The van der Waals surface area contributed by atoms with Gasteiger partial charge >= 0.3 is 12.0 Å². The number of nitrogens with one attached hydrogen (secondary N) is 2. The predicted molar refractivity (Wildman–Crippen MR) is 99.0 cm³/mol. The van der Waals surface area contributed by atoms with E-state index in [1.54, 1.807) is 31.2 Å². The van der Waals surface area contributed by atoms with Crippen LogP contribution in [0.4, 0.5) is 16.2 Å². The third-order valence-electron chi connectivity index (χ3n) is 3.69. The van der Waals surface area contributed by atoms with Gasteiger partial charge in [-0.15, -0.1) is 0 Å². The van der Waals surface area contributed by atoms with Crippen molar-refractivity contribution in [1.29, 1.82) is 0 Å². The summed E-state index contributed by atoms with van der Waals surface area (Å²) in [6.07, 6.45) is 0. The zero-order valence-corrected chi connectivity index (χ0v) is 13.8. The Labute approximate surface area is 145 Å². The van der Waals surface area contributed by atoms with Gasteiger partial charge in [0.2, 0.25) is 0 Å². The molecule has 5 heteroatoms. The molecule has 126 valence electrons. The van der Waals surface area contributed by atoms with Crippen molar-refractivity contribution in [3.8, 4) is 0 Å². The lowest BCUT2D eigenvalue weighted by atomic mass is 10.1. The molecule has 3 aromatic carbocycles. The number of anilines is 2. The normalized spacial score (nSPS) is 10.3. The Morgan fingerprint density at radius 3 is 2.36 bits per heavy atom. The van der Waals surface area contributed by atoms with E-state index >= 15 is 0 Å². The summed E-state index contributed by atoms with van der Waals surface area (Å²) in [4.78, 5) is 23.9. The van der Waals surface area contributed by atoms with Gasteiger partial charge in [-0.3, -0.25) is 0 Å². The van der Waals surface area contributed by atoms with Crippen molar-refractivity contribution in [2.75, 3.05) is 17.2 Å². The Bertz CT molecular complexity index is 899. The summed E-state index contributed by atoms with van der Waals surface area (Å²) in [7, 11) is 0. The van der Waals surface area contributed by atoms with Crippen LogP contribution < -0.4 is 10.6 Å². The smallest absolute Gasteiger partial charge is 0.338 e. The van der Waals surface area contributed by atoms with E-state index in [1.807, 2.05) is 42.5 Å². The summed E-state index contributed by atoms with van der Waals surface area (Å²) in [6.45, 7) is 2.08. The van der Waals surface area contributed by atoms with Gasteiger partial charge in [-0.1, -0.05) is 36.4 Å². The van der Waals surface area contributed by atoms with Gasteiger partial charge in [-0.2, -0.15) is 0 Å². The number of ether oxygens (including phenoxy) is 1. The second-order valence-electron chi connectivity index (χ2n) is 5.40. The third-order valence-corrected chi connectivity index (χ3v) is 3.69. The Morgan fingerprint density at radius 1 is 0.880 bits per heavy atom. The number of carbonyl (C=O) groups excluding carboxylic acids is 2. The fourth-order valence-electron chi connectivity index (χ4n) is 2.52. The fourth-order valence-corrected chi connectivity index (χ4v) is 2.52. The maximum atomic E-state index is 12.2. The summed E-state index contributed by atoms with van der Waals surface area (Å²) in [5.74, 6) is -0.380. The molecular formula is C20H18N2O3. The van der Waals surface area contributed by atoms with Crippen molar-refractivity contribution in [2.45, 2.75) is 6.92 Å². The highest BCUT2D eigenvalue weighted by molar-refractivity contribution is 6.06. The number of rotatable bonds is 4. The highest BCUT2D eigenvalue weighted by atomic mass is 16.5. The molecule has 0 atom stereocenters. The van der Waals surface area contributed by atoms with Crippen LogP contribution in [0.15, 0.2) is 66.7 Å². The first kappa shape index (κ1) is 16.5. The number of fused-ring (bicyclic) bond motifs is 1. The predicted octanol–water partition coefficient (Wildman–Crippen LogP) is 4.66. The first-order valence-corrected chi connectivity index (χ1v) is 8.00. The standard InChI is InChI=1S/C20H18N2O3/c1-2-25-19(23)15-10-12-16(13-11-15)21-20(24)22-18-9-5-7-14-6-3-4-8-17(14)18/h3-13H,2H2,1H3,(H2,21,22,24). The van der Waals surface area contributed by atoms with Gasteiger partial charge in [0.15, 0.2) is 0 Å². The van der Waals surface area contributed by atoms with E-state index in [9.17, 15) is 9.59 Å². The second kappa shape index (κ2) is 7.49. The first-order valence-electron chi connectivity index (χ1n) is 8.00. The number of hydrogen-bond donors (Lipinski definition) is 2. The lowest BCUT2D eigenvalue weighted by Gasteiger charge is -2.10. The number of benzene rings is 3. The van der Waals surface area contributed by atoms with Crippen LogP contribution in [-0.2, 0) is 4.74 Å². The highest BCUT2D eigenvalue weighted by Crippen LogP contribution is 2.23. The molecule has 5 nitrogen and oxygen atoms in total. The molecule has 0 saturated carbocycles. The summed E-state index contributed by atoms with van der Waals surface area (Å²) in [5.41, 5.74) is 1.77. The van der Waals surface area contributed by atoms with E-state index < -0.39 is 0 Å². The van der Waals surface area contributed by atoms with Crippen LogP contribution in [-0.4, -0.2) is 18.6 Å². The van der Waals surface area contributed by atoms with E-state index in [0.29, 0.717) is 17.9 Å². The van der Waals surface area contributed by atoms with Gasteiger partial charge in [0, 0.05) is 11.1 Å². The van der Waals surface area contributed by atoms with Crippen molar-refractivity contribution in [1.82, 2.24) is 0 Å². The van der Waals surface area contributed by atoms with Gasteiger partial charge in [-0.05, 0) is 42.6 Å². The number of urea groups is 1. The molecule has 2 amide bonds. The Hall–Kier alpha value is -3.34. The molecule has 0 aliphatic rings. The van der Waals surface area contributed by atoms with E-state index in [0.717, 1.165) is 16.5 Å². The van der Waals surface area contributed by atoms with Crippen molar-refractivity contribution in [3.05, 3.63) is 72.3 Å². The molecule has 0 aromatic heterocycles. The van der Waals surface area contributed by atoms with E-state index in [1.165, 1.54) is 0 Å². The Morgan fingerprint density at radius 2 is 1.60 bits per heavy atom. The monoisotopic (exact) mass is 334 g/mol. The van der Waals surface area contributed by atoms with E-state index in [-0.39, 0.29) is 12.0 Å². The fraction of sp³-hybridized carbons (Fsp3) is 0.100. The molecule has 0 unspecified atom stereocenters. The topological polar surface area (TPSA) is 67.4 Å². The van der Waals surface area contributed by atoms with Crippen LogP contribution >= 0.6 is 0 Å². The average molecular weight is 334 g/mol. The molecule has 2 N–H and O–H groups in total. The maximum absolute atomic E-state index is 12.2. The lowest BCUT2D eigenvalue weighted by Crippen LogP contribution is -2.19. The van der Waals surface area contributed by atoms with Crippen LogP contribution in [0.5, 0.6) is 0 Å². The summed E-state index contributed by atoms with van der Waals surface area (Å²) >= 11 is 0. The minimum atomic E-state index is -0.380. The minimum absolute atomic E-state index is 0.326. The number of amides is 2. The van der Waals surface area contributed by atoms with Crippen LogP contribution in [0.1, 0.15) is 17.3 Å². The van der Waals surface area contributed by atoms with E-state index in [4.69, 9.17) is 4.74 Å². The number of hydrogen-bond acceptors (Lipinski definition) is 3. The zero-order chi connectivity index (χ0) is 17.6. The SMILES string of the molecule is CCOC(=O)c1ccc(NC(=O)Nc2cccc3ccccc23)cc1. The van der Waals surface area contributed by atoms with Crippen molar-refractivity contribution in [3.63, 3.8) is 0 Å². The molecule has 0 aliphatic heterocycles. The molecule has 0 fully saturated rings. The summed E-state index contributed by atoms with van der Waals surface area (Å²) in [6, 6.07) is 19.8. The zero-order valence-electron chi connectivity index (χ0n) is 13.8. The van der Waals surface area contributed by atoms with Crippen molar-refractivity contribution >= 4 is 34.1 Å². The lowest BCUT2D eigenvalue weighted by molar-refractivity contribution is 0.0526. The summed E-state index contributed by atoms with van der Waals surface area (Å²) < 4.78 is 4.93. The second-order valence-corrected chi connectivity index (χ2v) is 5.40. The molecule has 0 aliphatic carbocycles. The van der Waals surface area contributed by atoms with Crippen LogP contribution in [0.3, 0.4) is 0 Å². The molecular weight excluding hydrogens is 316 g/mol. The molecule has 0 saturated heterocycles. The molecule has 0 bridgehead atoms. The van der Waals surface area contributed by atoms with Gasteiger partial charge in [0.25, 0.3) is 0 Å². The summed E-state index contributed by atoms with van der Waals surface area (Å²) in [5, 5.41) is 7.63. The molecule has 0 heterocycles. The van der Waals surface area contributed by atoms with Gasteiger partial charge in [-0.25, -0.2) is 9.59 Å². The molecule has 3 aromatic rings. The molecule has 0 radical (unpaired) electrons. The van der Waals surface area contributed by atoms with Crippen LogP contribution in [0.2, 0.25) is 0 Å². The third kappa shape index (κ3) is 3.95. The van der Waals surface area contributed by atoms with Crippen molar-refractivity contribution < 1.29 is 14.3 Å². The number of carbonyl (C=O) groups is 2. The van der Waals surface area contributed by atoms with Crippen molar-refractivity contribution in [2.24, 2.45) is 0 Å². The Balaban J connectivity index is 1.69. The molecule has 3 rings (SSSR count). The highest BCUT2D eigenvalue weighted by Gasteiger charge is 2.08. The largest absolute Gasteiger partial charge is 0.462 e. The van der Waals surface area contributed by atoms with Gasteiger partial charge < -0.3 is 15.4 Å². The average Bonchev–Trinajstić information content (AvgIpc) is 2.63. The van der Waals surface area contributed by atoms with Crippen LogP contribution in [0.25, 0.3) is 10.8 Å². The Kier molecular flexibility index (Phi) is 4.95. The maximum Gasteiger partial charge on any atom is 0.338 e. The van der Waals surface area contributed by atoms with Gasteiger partial charge in [0.1, 0.15) is 0 Å². The first-order chi connectivity index (χ1) is 12.2. The quantitative estimate of drug-likeness (QED) is 0.682. The molecule has 25 heavy (non-hydrogen) atoms. The molecule has 0 spiro atoms. The minimum Gasteiger partial charge on any atom is -0.462 e.